The third kappa shape index (κ3) is 2.79. The zero-order chi connectivity index (χ0) is 13.8. The van der Waals surface area contributed by atoms with E-state index in [0.29, 0.717) is 13.0 Å². The number of pyridine rings is 1. The molecule has 0 saturated carbocycles. The number of para-hydroxylation sites is 1. The summed E-state index contributed by atoms with van der Waals surface area (Å²) in [5.41, 5.74) is 2.26. The Kier molecular flexibility index (Phi) is 3.63. The standard InChI is InChI=1S/C16H16N2O2/c19-16(18-10-7-12-5-8-17-9-6-12)15-11-13-3-1-2-4-14(13)20-15/h1-6,8-9,15H,7,10-11H2,(H,18,19). The second-order valence-corrected chi connectivity index (χ2v) is 4.81. The predicted octanol–water partition coefficient (Wildman–Crippen LogP) is 1.74. The molecule has 2 aromatic rings. The first-order chi connectivity index (χ1) is 9.83. The first-order valence-corrected chi connectivity index (χ1v) is 6.74. The van der Waals surface area contributed by atoms with Gasteiger partial charge < -0.3 is 10.1 Å². The van der Waals surface area contributed by atoms with E-state index in [-0.39, 0.29) is 5.91 Å². The molecule has 20 heavy (non-hydrogen) atoms. The van der Waals surface area contributed by atoms with Gasteiger partial charge in [0.2, 0.25) is 0 Å². The SMILES string of the molecule is O=C(NCCc1ccncc1)C1Cc2ccccc2O1. The van der Waals surface area contributed by atoms with Crippen molar-refractivity contribution in [2.24, 2.45) is 0 Å². The van der Waals surface area contributed by atoms with Gasteiger partial charge in [0.1, 0.15) is 5.75 Å². The van der Waals surface area contributed by atoms with Crippen LogP contribution in [-0.4, -0.2) is 23.5 Å². The Bertz CT molecular complexity index is 573. The zero-order valence-corrected chi connectivity index (χ0v) is 11.1. The van der Waals surface area contributed by atoms with Crippen LogP contribution in [0.4, 0.5) is 0 Å². The van der Waals surface area contributed by atoms with Gasteiger partial charge in [-0.05, 0) is 35.7 Å². The van der Waals surface area contributed by atoms with E-state index in [1.807, 2.05) is 36.4 Å². The number of rotatable bonds is 4. The largest absolute Gasteiger partial charge is 0.480 e. The third-order valence-electron chi connectivity index (χ3n) is 3.40. The molecular weight excluding hydrogens is 252 g/mol. The third-order valence-corrected chi connectivity index (χ3v) is 3.40. The lowest BCUT2D eigenvalue weighted by molar-refractivity contribution is -0.127. The summed E-state index contributed by atoms with van der Waals surface area (Å²) < 4.78 is 5.65. The fourth-order valence-electron chi connectivity index (χ4n) is 2.32. The Balaban J connectivity index is 1.49. The van der Waals surface area contributed by atoms with E-state index in [4.69, 9.17) is 4.74 Å². The summed E-state index contributed by atoms with van der Waals surface area (Å²) in [6, 6.07) is 11.7. The number of aromatic nitrogens is 1. The van der Waals surface area contributed by atoms with Crippen LogP contribution in [0.25, 0.3) is 0 Å². The predicted molar refractivity (Wildman–Crippen MR) is 75.5 cm³/mol. The van der Waals surface area contributed by atoms with E-state index in [1.165, 1.54) is 0 Å². The molecule has 1 unspecified atom stereocenters. The molecule has 4 heteroatoms. The Hall–Kier alpha value is -2.36. The van der Waals surface area contributed by atoms with Crippen molar-refractivity contribution in [2.75, 3.05) is 6.54 Å². The average molecular weight is 268 g/mol. The summed E-state index contributed by atoms with van der Waals surface area (Å²) >= 11 is 0. The molecule has 1 N–H and O–H groups in total. The lowest BCUT2D eigenvalue weighted by Crippen LogP contribution is -2.38. The van der Waals surface area contributed by atoms with Crippen molar-refractivity contribution in [3.63, 3.8) is 0 Å². The highest BCUT2D eigenvalue weighted by molar-refractivity contribution is 5.82. The van der Waals surface area contributed by atoms with E-state index in [2.05, 4.69) is 10.3 Å². The molecule has 0 fully saturated rings. The molecule has 0 aliphatic carbocycles. The molecule has 2 heterocycles. The number of ether oxygens (including phenoxy) is 1. The van der Waals surface area contributed by atoms with E-state index >= 15 is 0 Å². The Morgan fingerprint density at radius 3 is 2.85 bits per heavy atom. The molecule has 1 aliphatic rings. The monoisotopic (exact) mass is 268 g/mol. The van der Waals surface area contributed by atoms with Crippen molar-refractivity contribution in [3.8, 4) is 5.75 Å². The maximum absolute atomic E-state index is 12.1. The van der Waals surface area contributed by atoms with Gasteiger partial charge in [-0.25, -0.2) is 0 Å². The van der Waals surface area contributed by atoms with Gasteiger partial charge in [-0.2, -0.15) is 0 Å². The maximum atomic E-state index is 12.1. The topological polar surface area (TPSA) is 51.2 Å². The Labute approximate surface area is 117 Å². The molecule has 1 amide bonds. The van der Waals surface area contributed by atoms with Crippen molar-refractivity contribution < 1.29 is 9.53 Å². The lowest BCUT2D eigenvalue weighted by atomic mass is 10.1. The minimum absolute atomic E-state index is 0.0461. The first-order valence-electron chi connectivity index (χ1n) is 6.74. The van der Waals surface area contributed by atoms with Gasteiger partial charge in [-0.15, -0.1) is 0 Å². The van der Waals surface area contributed by atoms with Gasteiger partial charge in [0, 0.05) is 25.4 Å². The maximum Gasteiger partial charge on any atom is 0.261 e. The Morgan fingerprint density at radius 2 is 2.05 bits per heavy atom. The van der Waals surface area contributed by atoms with Crippen LogP contribution in [0.15, 0.2) is 48.8 Å². The van der Waals surface area contributed by atoms with Crippen LogP contribution >= 0.6 is 0 Å². The van der Waals surface area contributed by atoms with Crippen LogP contribution in [0, 0.1) is 0 Å². The summed E-state index contributed by atoms with van der Waals surface area (Å²) in [4.78, 5) is 16.0. The van der Waals surface area contributed by atoms with E-state index < -0.39 is 6.10 Å². The molecule has 1 atom stereocenters. The van der Waals surface area contributed by atoms with Crippen LogP contribution in [-0.2, 0) is 17.6 Å². The number of hydrogen-bond acceptors (Lipinski definition) is 3. The highest BCUT2D eigenvalue weighted by Crippen LogP contribution is 2.27. The van der Waals surface area contributed by atoms with Gasteiger partial charge in [0.15, 0.2) is 6.10 Å². The zero-order valence-electron chi connectivity index (χ0n) is 11.1. The number of carbonyl (C=O) groups is 1. The second-order valence-electron chi connectivity index (χ2n) is 4.81. The number of benzene rings is 1. The van der Waals surface area contributed by atoms with Gasteiger partial charge in [-0.1, -0.05) is 18.2 Å². The number of fused-ring (bicyclic) bond motifs is 1. The number of amides is 1. The second kappa shape index (κ2) is 5.74. The van der Waals surface area contributed by atoms with E-state index in [9.17, 15) is 4.79 Å². The lowest BCUT2D eigenvalue weighted by Gasteiger charge is -2.11. The molecule has 102 valence electrons. The molecule has 3 rings (SSSR count). The van der Waals surface area contributed by atoms with Crippen LogP contribution in [0.1, 0.15) is 11.1 Å². The molecule has 1 aromatic carbocycles. The number of hydrogen-bond donors (Lipinski definition) is 1. The van der Waals surface area contributed by atoms with E-state index in [1.54, 1.807) is 12.4 Å². The normalized spacial score (nSPS) is 16.3. The van der Waals surface area contributed by atoms with Gasteiger partial charge in [0.25, 0.3) is 5.91 Å². The van der Waals surface area contributed by atoms with Crippen LogP contribution in [0.5, 0.6) is 5.75 Å². The highest BCUT2D eigenvalue weighted by Gasteiger charge is 2.28. The molecule has 1 aromatic heterocycles. The number of nitrogens with one attached hydrogen (secondary N) is 1. The smallest absolute Gasteiger partial charge is 0.261 e. The molecule has 0 spiro atoms. The van der Waals surface area contributed by atoms with Crippen LogP contribution in [0.2, 0.25) is 0 Å². The minimum Gasteiger partial charge on any atom is -0.480 e. The van der Waals surface area contributed by atoms with Crippen molar-refractivity contribution in [1.29, 1.82) is 0 Å². The molecule has 1 aliphatic heterocycles. The molecule has 0 saturated heterocycles. The summed E-state index contributed by atoms with van der Waals surface area (Å²) in [5, 5.41) is 2.92. The summed E-state index contributed by atoms with van der Waals surface area (Å²) in [6.07, 6.45) is 4.57. The quantitative estimate of drug-likeness (QED) is 0.919. The van der Waals surface area contributed by atoms with Crippen molar-refractivity contribution in [1.82, 2.24) is 10.3 Å². The molecular formula is C16H16N2O2. The van der Waals surface area contributed by atoms with Gasteiger partial charge in [-0.3, -0.25) is 9.78 Å². The Morgan fingerprint density at radius 1 is 1.25 bits per heavy atom. The van der Waals surface area contributed by atoms with Crippen LogP contribution in [0.3, 0.4) is 0 Å². The average Bonchev–Trinajstić information content (AvgIpc) is 2.92. The van der Waals surface area contributed by atoms with E-state index in [0.717, 1.165) is 23.3 Å². The molecule has 0 bridgehead atoms. The molecule has 4 nitrogen and oxygen atoms in total. The minimum atomic E-state index is -0.398. The highest BCUT2D eigenvalue weighted by atomic mass is 16.5. The fourth-order valence-corrected chi connectivity index (χ4v) is 2.32. The van der Waals surface area contributed by atoms with Crippen molar-refractivity contribution in [2.45, 2.75) is 18.9 Å². The van der Waals surface area contributed by atoms with Crippen molar-refractivity contribution >= 4 is 5.91 Å². The van der Waals surface area contributed by atoms with Crippen molar-refractivity contribution in [3.05, 3.63) is 59.9 Å². The first kappa shape index (κ1) is 12.7. The van der Waals surface area contributed by atoms with Gasteiger partial charge in [0.05, 0.1) is 0 Å². The van der Waals surface area contributed by atoms with Crippen LogP contribution < -0.4 is 10.1 Å². The summed E-state index contributed by atoms with van der Waals surface area (Å²) in [5.74, 6) is 0.775. The molecule has 0 radical (unpaired) electrons. The van der Waals surface area contributed by atoms with Gasteiger partial charge >= 0.3 is 0 Å². The summed E-state index contributed by atoms with van der Waals surface area (Å²) in [7, 11) is 0. The number of carbonyl (C=O) groups excluding carboxylic acids is 1. The fraction of sp³-hybridized carbons (Fsp3) is 0.250. The summed E-state index contributed by atoms with van der Waals surface area (Å²) in [6.45, 7) is 0.610. The number of nitrogens with zero attached hydrogens (tertiary/aromatic N) is 1.